The smallest absolute Gasteiger partial charge is 0.0666 e. The van der Waals surface area contributed by atoms with Crippen molar-refractivity contribution >= 4 is 11.8 Å². The molecule has 1 rings (SSSR count). The summed E-state index contributed by atoms with van der Waals surface area (Å²) in [5.41, 5.74) is 0.265. The number of rotatable bonds is 6. The Morgan fingerprint density at radius 1 is 1.31 bits per heavy atom. The van der Waals surface area contributed by atoms with Crippen molar-refractivity contribution in [3.63, 3.8) is 0 Å². The number of ether oxygens (including phenoxy) is 1. The molecule has 1 heterocycles. The Balaban J connectivity index is 1.92. The molecule has 2 unspecified atom stereocenters. The lowest BCUT2D eigenvalue weighted by atomic mass is 10.1. The zero-order valence-electron chi connectivity index (χ0n) is 11.2. The van der Waals surface area contributed by atoms with Crippen molar-refractivity contribution in [3.8, 4) is 0 Å². The lowest BCUT2D eigenvalue weighted by Gasteiger charge is -2.20. The van der Waals surface area contributed by atoms with E-state index in [0.29, 0.717) is 6.10 Å². The molecule has 0 aromatic carbocycles. The molecule has 0 radical (unpaired) electrons. The number of thioether (sulfide) groups is 1. The van der Waals surface area contributed by atoms with Crippen molar-refractivity contribution in [1.82, 2.24) is 5.32 Å². The standard InChI is InChI=1S/C13H27NOS/c1-11-12(7-9-15-11)16-10-6-5-8-14-13(2,3)4/h11-12,14H,5-10H2,1-4H3. The van der Waals surface area contributed by atoms with Gasteiger partial charge in [0.2, 0.25) is 0 Å². The molecule has 0 bridgehead atoms. The molecule has 0 amide bonds. The van der Waals surface area contributed by atoms with Crippen molar-refractivity contribution in [1.29, 1.82) is 0 Å². The third kappa shape index (κ3) is 6.12. The van der Waals surface area contributed by atoms with Gasteiger partial charge in [-0.15, -0.1) is 0 Å². The van der Waals surface area contributed by atoms with Crippen LogP contribution in [0.3, 0.4) is 0 Å². The molecule has 0 aromatic rings. The molecule has 1 aliphatic heterocycles. The number of nitrogens with one attached hydrogen (secondary N) is 1. The van der Waals surface area contributed by atoms with E-state index in [4.69, 9.17) is 4.74 Å². The van der Waals surface area contributed by atoms with Crippen molar-refractivity contribution in [2.24, 2.45) is 0 Å². The minimum Gasteiger partial charge on any atom is -0.377 e. The summed E-state index contributed by atoms with van der Waals surface area (Å²) in [6.07, 6.45) is 4.31. The van der Waals surface area contributed by atoms with Crippen LogP contribution in [0.15, 0.2) is 0 Å². The highest BCUT2D eigenvalue weighted by atomic mass is 32.2. The SMILES string of the molecule is CC1OCCC1SCCCCNC(C)(C)C. The van der Waals surface area contributed by atoms with Gasteiger partial charge >= 0.3 is 0 Å². The molecule has 1 saturated heterocycles. The predicted octanol–water partition coefficient (Wildman–Crippen LogP) is 3.07. The van der Waals surface area contributed by atoms with E-state index in [0.717, 1.165) is 18.4 Å². The quantitative estimate of drug-likeness (QED) is 0.727. The molecule has 2 atom stereocenters. The normalized spacial score (nSPS) is 26.2. The van der Waals surface area contributed by atoms with E-state index in [2.05, 4.69) is 44.8 Å². The number of unbranched alkanes of at least 4 members (excludes halogenated alkanes) is 1. The highest BCUT2D eigenvalue weighted by molar-refractivity contribution is 7.99. The maximum atomic E-state index is 5.56. The van der Waals surface area contributed by atoms with E-state index in [-0.39, 0.29) is 5.54 Å². The largest absolute Gasteiger partial charge is 0.377 e. The topological polar surface area (TPSA) is 21.3 Å². The Morgan fingerprint density at radius 2 is 2.06 bits per heavy atom. The summed E-state index contributed by atoms with van der Waals surface area (Å²) < 4.78 is 5.56. The Labute approximate surface area is 105 Å². The first-order valence-electron chi connectivity index (χ1n) is 6.47. The number of hydrogen-bond donors (Lipinski definition) is 1. The van der Waals surface area contributed by atoms with E-state index in [9.17, 15) is 0 Å². The van der Waals surface area contributed by atoms with Crippen LogP contribution in [-0.2, 0) is 4.74 Å². The molecule has 1 aliphatic rings. The Hall–Kier alpha value is 0.270. The monoisotopic (exact) mass is 245 g/mol. The fourth-order valence-corrected chi connectivity index (χ4v) is 3.14. The van der Waals surface area contributed by atoms with Gasteiger partial charge in [-0.05, 0) is 59.3 Å². The summed E-state index contributed by atoms with van der Waals surface area (Å²) in [5.74, 6) is 1.28. The van der Waals surface area contributed by atoms with E-state index in [1.165, 1.54) is 25.0 Å². The second-order valence-corrected chi connectivity index (χ2v) is 7.00. The summed E-state index contributed by atoms with van der Waals surface area (Å²) in [4.78, 5) is 0. The molecule has 0 spiro atoms. The Bertz CT molecular complexity index is 191. The molecule has 0 aliphatic carbocycles. The van der Waals surface area contributed by atoms with E-state index >= 15 is 0 Å². The summed E-state index contributed by atoms with van der Waals surface area (Å²) >= 11 is 2.10. The van der Waals surface area contributed by atoms with Crippen LogP contribution in [-0.4, -0.2) is 35.8 Å². The van der Waals surface area contributed by atoms with E-state index < -0.39 is 0 Å². The van der Waals surface area contributed by atoms with Crippen LogP contribution in [0.2, 0.25) is 0 Å². The van der Waals surface area contributed by atoms with Crippen LogP contribution in [0.5, 0.6) is 0 Å². The molecule has 0 saturated carbocycles. The van der Waals surface area contributed by atoms with Gasteiger partial charge in [-0.25, -0.2) is 0 Å². The van der Waals surface area contributed by atoms with Crippen LogP contribution in [0, 0.1) is 0 Å². The lowest BCUT2D eigenvalue weighted by Crippen LogP contribution is -2.36. The first-order valence-corrected chi connectivity index (χ1v) is 7.52. The maximum Gasteiger partial charge on any atom is 0.0666 e. The van der Waals surface area contributed by atoms with Gasteiger partial charge in [0.15, 0.2) is 0 Å². The lowest BCUT2D eigenvalue weighted by molar-refractivity contribution is 0.127. The average molecular weight is 245 g/mol. The van der Waals surface area contributed by atoms with Gasteiger partial charge in [0.1, 0.15) is 0 Å². The van der Waals surface area contributed by atoms with Crippen molar-refractivity contribution in [3.05, 3.63) is 0 Å². The van der Waals surface area contributed by atoms with Crippen LogP contribution in [0.25, 0.3) is 0 Å². The minimum atomic E-state index is 0.265. The molecule has 2 nitrogen and oxygen atoms in total. The Kier molecular flexibility index (Phi) is 6.16. The summed E-state index contributed by atoms with van der Waals surface area (Å²) in [6, 6.07) is 0. The molecule has 3 heteroatoms. The predicted molar refractivity (Wildman–Crippen MR) is 73.3 cm³/mol. The first kappa shape index (κ1) is 14.3. The third-order valence-electron chi connectivity index (χ3n) is 2.87. The van der Waals surface area contributed by atoms with Gasteiger partial charge < -0.3 is 10.1 Å². The fraction of sp³-hybridized carbons (Fsp3) is 1.00. The van der Waals surface area contributed by atoms with Gasteiger partial charge in [0.25, 0.3) is 0 Å². The Morgan fingerprint density at radius 3 is 2.62 bits per heavy atom. The first-order chi connectivity index (χ1) is 7.49. The molecule has 96 valence electrons. The average Bonchev–Trinajstić information content (AvgIpc) is 2.56. The molecular formula is C13H27NOS. The number of hydrogen-bond acceptors (Lipinski definition) is 3. The van der Waals surface area contributed by atoms with Crippen LogP contribution < -0.4 is 5.32 Å². The second-order valence-electron chi connectivity index (χ2n) is 5.66. The van der Waals surface area contributed by atoms with Gasteiger partial charge in [-0.3, -0.25) is 0 Å². The molecule has 0 aromatic heterocycles. The highest BCUT2D eigenvalue weighted by Gasteiger charge is 2.23. The zero-order valence-corrected chi connectivity index (χ0v) is 12.0. The van der Waals surface area contributed by atoms with E-state index in [1.807, 2.05) is 0 Å². The molecular weight excluding hydrogens is 218 g/mol. The van der Waals surface area contributed by atoms with Crippen LogP contribution >= 0.6 is 11.8 Å². The van der Waals surface area contributed by atoms with Crippen LogP contribution in [0.1, 0.15) is 47.0 Å². The summed E-state index contributed by atoms with van der Waals surface area (Å²) in [6.45, 7) is 11.0. The van der Waals surface area contributed by atoms with Crippen molar-refractivity contribution in [2.45, 2.75) is 63.9 Å². The van der Waals surface area contributed by atoms with Gasteiger partial charge in [0.05, 0.1) is 6.10 Å². The second kappa shape index (κ2) is 6.87. The molecule has 1 fully saturated rings. The van der Waals surface area contributed by atoms with Crippen molar-refractivity contribution < 1.29 is 4.74 Å². The molecule has 16 heavy (non-hydrogen) atoms. The fourth-order valence-electron chi connectivity index (χ4n) is 1.86. The van der Waals surface area contributed by atoms with Gasteiger partial charge in [-0.1, -0.05) is 0 Å². The van der Waals surface area contributed by atoms with Gasteiger partial charge in [0, 0.05) is 17.4 Å². The van der Waals surface area contributed by atoms with Gasteiger partial charge in [-0.2, -0.15) is 11.8 Å². The van der Waals surface area contributed by atoms with E-state index in [1.54, 1.807) is 0 Å². The molecule has 1 N–H and O–H groups in total. The zero-order chi connectivity index (χ0) is 12.0. The van der Waals surface area contributed by atoms with Crippen LogP contribution in [0.4, 0.5) is 0 Å². The minimum absolute atomic E-state index is 0.265. The summed E-state index contributed by atoms with van der Waals surface area (Å²) in [7, 11) is 0. The maximum absolute atomic E-state index is 5.56. The third-order valence-corrected chi connectivity index (χ3v) is 4.44. The van der Waals surface area contributed by atoms with Crippen molar-refractivity contribution in [2.75, 3.05) is 18.9 Å². The highest BCUT2D eigenvalue weighted by Crippen LogP contribution is 2.26. The summed E-state index contributed by atoms with van der Waals surface area (Å²) in [5, 5.41) is 4.27.